The number of hydrogen-bond donors (Lipinski definition) is 1. The normalized spacial score (nSPS) is 10.8. The summed E-state index contributed by atoms with van der Waals surface area (Å²) in [5, 5.41) is 19.8. The van der Waals surface area contributed by atoms with Crippen molar-refractivity contribution in [3.05, 3.63) is 63.7 Å². The van der Waals surface area contributed by atoms with Gasteiger partial charge in [0.25, 0.3) is 5.69 Å². The monoisotopic (exact) mass is 375 g/mol. The minimum Gasteiger partial charge on any atom is -0.492 e. The van der Waals surface area contributed by atoms with E-state index in [1.807, 2.05) is 19.1 Å². The fourth-order valence-electron chi connectivity index (χ4n) is 2.14. The number of nitro groups is 1. The van der Waals surface area contributed by atoms with Crippen LogP contribution >= 0.6 is 0 Å². The first kappa shape index (κ1) is 19.2. The van der Waals surface area contributed by atoms with E-state index in [-0.39, 0.29) is 29.3 Å². The lowest BCUT2D eigenvalue weighted by Crippen LogP contribution is -2.21. The minimum absolute atomic E-state index is 0.00889. The highest BCUT2D eigenvalue weighted by Gasteiger charge is 2.16. The van der Waals surface area contributed by atoms with E-state index < -0.39 is 14.9 Å². The molecule has 0 atom stereocenters. The molecule has 0 spiro atoms. The first-order valence-electron chi connectivity index (χ1n) is 7.75. The number of nitrogens with zero attached hydrogens (tertiary/aromatic N) is 2. The Hall–Kier alpha value is -3.12. The van der Waals surface area contributed by atoms with Crippen LogP contribution in [0, 0.1) is 21.4 Å². The largest absolute Gasteiger partial charge is 0.492 e. The molecule has 0 aliphatic rings. The molecule has 0 aromatic heterocycles. The lowest BCUT2D eigenvalue weighted by Gasteiger charge is -2.10. The third-order valence-electron chi connectivity index (χ3n) is 3.55. The van der Waals surface area contributed by atoms with Crippen LogP contribution < -0.4 is 9.46 Å². The van der Waals surface area contributed by atoms with Gasteiger partial charge in [-0.15, -0.1) is 0 Å². The van der Waals surface area contributed by atoms with Crippen LogP contribution in [0.15, 0.2) is 42.5 Å². The number of non-ortho nitro benzene ring substituents is 1. The Labute approximate surface area is 151 Å². The van der Waals surface area contributed by atoms with Crippen molar-refractivity contribution < 1.29 is 18.1 Å². The number of anilines is 1. The van der Waals surface area contributed by atoms with Gasteiger partial charge in [-0.2, -0.15) is 5.26 Å². The molecule has 136 valence electrons. The summed E-state index contributed by atoms with van der Waals surface area (Å²) in [6, 6.07) is 12.4. The summed E-state index contributed by atoms with van der Waals surface area (Å²) in [4.78, 5) is 10.1. The molecular formula is C17H17N3O5S. The molecule has 0 amide bonds. The van der Waals surface area contributed by atoms with Crippen molar-refractivity contribution in [1.29, 1.82) is 5.26 Å². The van der Waals surface area contributed by atoms with Crippen LogP contribution in [0.4, 0.5) is 11.4 Å². The van der Waals surface area contributed by atoms with Crippen molar-refractivity contribution in [3.8, 4) is 11.8 Å². The highest BCUT2D eigenvalue weighted by molar-refractivity contribution is 7.92. The van der Waals surface area contributed by atoms with E-state index in [9.17, 15) is 18.5 Å². The van der Waals surface area contributed by atoms with Gasteiger partial charge in [-0.25, -0.2) is 8.42 Å². The second-order valence-corrected chi connectivity index (χ2v) is 7.21. The number of nitro benzene ring substituents is 1. The zero-order valence-corrected chi connectivity index (χ0v) is 14.8. The van der Waals surface area contributed by atoms with Gasteiger partial charge in [-0.3, -0.25) is 14.8 Å². The maximum absolute atomic E-state index is 12.1. The van der Waals surface area contributed by atoms with Gasteiger partial charge in [0.1, 0.15) is 24.2 Å². The van der Waals surface area contributed by atoms with Crippen LogP contribution in [0.5, 0.6) is 5.75 Å². The Morgan fingerprint density at radius 2 is 1.92 bits per heavy atom. The van der Waals surface area contributed by atoms with Crippen LogP contribution in [-0.2, 0) is 16.4 Å². The summed E-state index contributed by atoms with van der Waals surface area (Å²) in [5.74, 6) is 0.232. The topological polar surface area (TPSA) is 122 Å². The molecule has 0 aliphatic carbocycles. The summed E-state index contributed by atoms with van der Waals surface area (Å²) in [7, 11) is -3.78. The van der Waals surface area contributed by atoms with E-state index in [0.29, 0.717) is 5.75 Å². The summed E-state index contributed by atoms with van der Waals surface area (Å²) < 4.78 is 32.0. The highest BCUT2D eigenvalue weighted by atomic mass is 32.2. The fourth-order valence-corrected chi connectivity index (χ4v) is 3.05. The molecule has 0 bridgehead atoms. The number of nitrogens with one attached hydrogen (secondary N) is 1. The standard InChI is InChI=1S/C17H17N3O5S/c1-2-13-3-6-16(7-4-13)25-9-10-26(23,24)19-17-8-5-15(20(21)22)11-14(17)12-18/h3-8,11,19H,2,9-10H2,1H3. The van der Waals surface area contributed by atoms with Crippen molar-refractivity contribution >= 4 is 21.4 Å². The van der Waals surface area contributed by atoms with Crippen molar-refractivity contribution in [1.82, 2.24) is 0 Å². The van der Waals surface area contributed by atoms with Crippen LogP contribution in [-0.4, -0.2) is 25.7 Å². The zero-order chi connectivity index (χ0) is 19.2. The van der Waals surface area contributed by atoms with Gasteiger partial charge in [0.05, 0.1) is 16.2 Å². The molecule has 0 unspecified atom stereocenters. The summed E-state index contributed by atoms with van der Waals surface area (Å²) in [5.41, 5.74) is 0.724. The molecule has 8 nitrogen and oxygen atoms in total. The Kier molecular flexibility index (Phi) is 6.14. The third kappa shape index (κ3) is 5.19. The lowest BCUT2D eigenvalue weighted by atomic mass is 10.2. The third-order valence-corrected chi connectivity index (χ3v) is 4.79. The molecule has 0 heterocycles. The average molecular weight is 375 g/mol. The highest BCUT2D eigenvalue weighted by Crippen LogP contribution is 2.22. The maximum atomic E-state index is 12.1. The number of rotatable bonds is 8. The molecular weight excluding hydrogens is 358 g/mol. The molecule has 1 N–H and O–H groups in total. The van der Waals surface area contributed by atoms with E-state index in [1.54, 1.807) is 18.2 Å². The predicted octanol–water partition coefficient (Wildman–Crippen LogP) is 2.85. The maximum Gasteiger partial charge on any atom is 0.270 e. The summed E-state index contributed by atoms with van der Waals surface area (Å²) in [6.07, 6.45) is 0.898. The van der Waals surface area contributed by atoms with Gasteiger partial charge in [0.15, 0.2) is 0 Å². The first-order chi connectivity index (χ1) is 12.3. The molecule has 9 heteroatoms. The summed E-state index contributed by atoms with van der Waals surface area (Å²) >= 11 is 0. The van der Waals surface area contributed by atoms with Gasteiger partial charge in [0.2, 0.25) is 10.0 Å². The van der Waals surface area contributed by atoms with Gasteiger partial charge in [-0.1, -0.05) is 19.1 Å². The van der Waals surface area contributed by atoms with Crippen molar-refractivity contribution in [3.63, 3.8) is 0 Å². The van der Waals surface area contributed by atoms with Crippen LogP contribution in [0.2, 0.25) is 0 Å². The molecule has 0 radical (unpaired) electrons. The van der Waals surface area contributed by atoms with Crippen LogP contribution in [0.25, 0.3) is 0 Å². The Morgan fingerprint density at radius 1 is 1.23 bits per heavy atom. The van der Waals surface area contributed by atoms with E-state index in [1.165, 1.54) is 6.07 Å². The van der Waals surface area contributed by atoms with E-state index in [0.717, 1.165) is 24.1 Å². The van der Waals surface area contributed by atoms with Gasteiger partial charge < -0.3 is 4.74 Å². The molecule has 0 saturated heterocycles. The Balaban J connectivity index is 2.00. The van der Waals surface area contributed by atoms with Crippen molar-refractivity contribution in [2.75, 3.05) is 17.1 Å². The molecule has 26 heavy (non-hydrogen) atoms. The van der Waals surface area contributed by atoms with Crippen molar-refractivity contribution in [2.45, 2.75) is 13.3 Å². The lowest BCUT2D eigenvalue weighted by molar-refractivity contribution is -0.384. The molecule has 2 aromatic rings. The second kappa shape index (κ2) is 8.31. The van der Waals surface area contributed by atoms with Crippen LogP contribution in [0.3, 0.4) is 0 Å². The zero-order valence-electron chi connectivity index (χ0n) is 14.0. The molecule has 0 fully saturated rings. The van der Waals surface area contributed by atoms with E-state index >= 15 is 0 Å². The molecule has 2 rings (SSSR count). The van der Waals surface area contributed by atoms with E-state index in [4.69, 9.17) is 10.00 Å². The number of nitriles is 1. The SMILES string of the molecule is CCc1ccc(OCCS(=O)(=O)Nc2ccc([N+](=O)[O-])cc2C#N)cc1. The quantitative estimate of drug-likeness (QED) is 0.559. The summed E-state index contributed by atoms with van der Waals surface area (Å²) in [6.45, 7) is 1.96. The fraction of sp³-hybridized carbons (Fsp3) is 0.235. The molecule has 2 aromatic carbocycles. The van der Waals surface area contributed by atoms with Gasteiger partial charge >= 0.3 is 0 Å². The molecule has 0 saturated carbocycles. The second-order valence-electron chi connectivity index (χ2n) is 5.37. The van der Waals surface area contributed by atoms with Gasteiger partial charge in [0, 0.05) is 12.1 Å². The first-order valence-corrected chi connectivity index (χ1v) is 9.40. The Morgan fingerprint density at radius 3 is 2.50 bits per heavy atom. The average Bonchev–Trinajstić information content (AvgIpc) is 2.62. The Bertz CT molecular complexity index is 934. The van der Waals surface area contributed by atoms with Gasteiger partial charge in [-0.05, 0) is 30.2 Å². The number of hydrogen-bond acceptors (Lipinski definition) is 6. The van der Waals surface area contributed by atoms with E-state index in [2.05, 4.69) is 4.72 Å². The number of sulfonamides is 1. The smallest absolute Gasteiger partial charge is 0.270 e. The minimum atomic E-state index is -3.78. The van der Waals surface area contributed by atoms with Crippen molar-refractivity contribution in [2.24, 2.45) is 0 Å². The number of benzene rings is 2. The number of aryl methyl sites for hydroxylation is 1. The van der Waals surface area contributed by atoms with Crippen LogP contribution in [0.1, 0.15) is 18.1 Å². The number of ether oxygens (including phenoxy) is 1. The molecule has 0 aliphatic heterocycles. The predicted molar refractivity (Wildman–Crippen MR) is 96.5 cm³/mol.